The van der Waals surface area contributed by atoms with Gasteiger partial charge in [-0.2, -0.15) is 0 Å². The van der Waals surface area contributed by atoms with Crippen molar-refractivity contribution in [2.24, 2.45) is 10.9 Å². The quantitative estimate of drug-likeness (QED) is 0.359. The van der Waals surface area contributed by atoms with Gasteiger partial charge in [0.2, 0.25) is 6.08 Å². The summed E-state index contributed by atoms with van der Waals surface area (Å²) < 4.78 is 15.8. The van der Waals surface area contributed by atoms with Crippen molar-refractivity contribution in [2.75, 3.05) is 27.9 Å². The lowest BCUT2D eigenvalue weighted by Crippen LogP contribution is -2.43. The first kappa shape index (κ1) is 14.5. The fourth-order valence-electron chi connectivity index (χ4n) is 1.26. The van der Waals surface area contributed by atoms with Gasteiger partial charge < -0.3 is 13.3 Å². The van der Waals surface area contributed by atoms with Gasteiger partial charge in [0, 0.05) is 27.4 Å². The van der Waals surface area contributed by atoms with Crippen LogP contribution in [0.5, 0.6) is 0 Å². The van der Waals surface area contributed by atoms with Gasteiger partial charge in [-0.25, -0.2) is 9.79 Å². The van der Waals surface area contributed by atoms with Crippen LogP contribution in [0.25, 0.3) is 0 Å². The summed E-state index contributed by atoms with van der Waals surface area (Å²) in [6.07, 6.45) is 2.38. The Balaban J connectivity index is 4.03. The van der Waals surface area contributed by atoms with E-state index in [-0.39, 0.29) is 0 Å². The highest BCUT2D eigenvalue weighted by Gasteiger charge is 2.37. The molecule has 15 heavy (non-hydrogen) atoms. The Morgan fingerprint density at radius 1 is 1.27 bits per heavy atom. The van der Waals surface area contributed by atoms with Crippen molar-refractivity contribution in [3.05, 3.63) is 0 Å². The maximum Gasteiger partial charge on any atom is 0.500 e. The number of isocyanates is 1. The van der Waals surface area contributed by atoms with Gasteiger partial charge in [0.05, 0.1) is 6.54 Å². The maximum absolute atomic E-state index is 9.92. The number of hydrogen-bond acceptors (Lipinski definition) is 5. The molecule has 88 valence electrons. The van der Waals surface area contributed by atoms with Crippen LogP contribution in [0, 0.1) is 5.92 Å². The number of aliphatic imine (C=N–C) groups is 1. The molecule has 0 saturated heterocycles. The third-order valence-electron chi connectivity index (χ3n) is 2.34. The molecule has 0 bridgehead atoms. The summed E-state index contributed by atoms with van der Waals surface area (Å²) >= 11 is 0. The maximum atomic E-state index is 9.92. The van der Waals surface area contributed by atoms with Gasteiger partial charge in [-0.05, 0) is 12.3 Å². The summed E-state index contributed by atoms with van der Waals surface area (Å²) in [6.45, 7) is 2.51. The fourth-order valence-corrected chi connectivity index (χ4v) is 3.22. The average Bonchev–Trinajstić information content (AvgIpc) is 2.29. The summed E-state index contributed by atoms with van der Waals surface area (Å²) in [7, 11) is 2.31. The van der Waals surface area contributed by atoms with E-state index in [0.717, 1.165) is 12.5 Å². The molecule has 0 aliphatic rings. The van der Waals surface area contributed by atoms with Gasteiger partial charge in [-0.3, -0.25) is 0 Å². The fraction of sp³-hybridized carbons (Fsp3) is 0.889. The molecule has 0 aliphatic carbocycles. The highest BCUT2D eigenvalue weighted by Crippen LogP contribution is 2.18. The Hall–Kier alpha value is -0.523. The molecule has 0 fully saturated rings. The predicted molar refractivity (Wildman–Crippen MR) is 58.4 cm³/mol. The summed E-state index contributed by atoms with van der Waals surface area (Å²) in [5.41, 5.74) is 0. The Morgan fingerprint density at radius 2 is 1.80 bits per heavy atom. The van der Waals surface area contributed by atoms with E-state index in [9.17, 15) is 4.79 Å². The zero-order chi connectivity index (χ0) is 11.7. The van der Waals surface area contributed by atoms with E-state index in [1.54, 1.807) is 21.3 Å². The van der Waals surface area contributed by atoms with Crippen LogP contribution in [0.15, 0.2) is 4.99 Å². The second-order valence-corrected chi connectivity index (χ2v) is 6.46. The third kappa shape index (κ3) is 5.20. The molecule has 1 unspecified atom stereocenters. The Bertz CT molecular complexity index is 206. The van der Waals surface area contributed by atoms with Crippen LogP contribution in [-0.2, 0) is 18.1 Å². The van der Waals surface area contributed by atoms with Crippen molar-refractivity contribution < 1.29 is 18.1 Å². The number of rotatable bonds is 8. The Labute approximate surface area is 91.8 Å². The van der Waals surface area contributed by atoms with Crippen molar-refractivity contribution in [3.8, 4) is 0 Å². The zero-order valence-electron chi connectivity index (χ0n) is 9.78. The minimum absolute atomic E-state index is 0.304. The highest BCUT2D eigenvalue weighted by atomic mass is 28.4. The van der Waals surface area contributed by atoms with Crippen LogP contribution >= 0.6 is 0 Å². The zero-order valence-corrected chi connectivity index (χ0v) is 10.8. The summed E-state index contributed by atoms with van der Waals surface area (Å²) in [4.78, 5) is 13.5. The van der Waals surface area contributed by atoms with Crippen LogP contribution in [0.2, 0.25) is 6.04 Å². The minimum atomic E-state index is -2.46. The molecule has 1 atom stereocenters. The first-order chi connectivity index (χ1) is 7.14. The smallest absolute Gasteiger partial charge is 0.377 e. The Kier molecular flexibility index (Phi) is 7.46. The molecule has 0 radical (unpaired) electrons. The number of nitrogens with zero attached hydrogens (tertiary/aromatic N) is 1. The van der Waals surface area contributed by atoms with Gasteiger partial charge in [-0.15, -0.1) is 0 Å². The van der Waals surface area contributed by atoms with Crippen molar-refractivity contribution >= 4 is 14.9 Å². The number of hydrogen-bond donors (Lipinski definition) is 0. The molecule has 0 amide bonds. The first-order valence-corrected chi connectivity index (χ1v) is 6.76. The van der Waals surface area contributed by atoms with Crippen LogP contribution in [0.1, 0.15) is 13.3 Å². The van der Waals surface area contributed by atoms with Crippen LogP contribution in [-0.4, -0.2) is 42.8 Å². The molecule has 0 aliphatic heterocycles. The monoisotopic (exact) mass is 233 g/mol. The molecule has 0 heterocycles. The molecule has 0 N–H and O–H groups in total. The van der Waals surface area contributed by atoms with Gasteiger partial charge in [0.25, 0.3) is 0 Å². The lowest BCUT2D eigenvalue weighted by Gasteiger charge is -2.25. The molecular formula is C9H19NO4Si. The molecule has 0 aromatic heterocycles. The minimum Gasteiger partial charge on any atom is -0.377 e. The second kappa shape index (κ2) is 7.73. The van der Waals surface area contributed by atoms with E-state index in [2.05, 4.69) is 4.99 Å². The number of carbonyl (C=O) groups excluding carboxylic acids is 1. The predicted octanol–water partition coefficient (Wildman–Crippen LogP) is 1.23. The van der Waals surface area contributed by atoms with Crippen LogP contribution in [0.4, 0.5) is 0 Å². The molecular weight excluding hydrogens is 214 g/mol. The van der Waals surface area contributed by atoms with Crippen molar-refractivity contribution in [2.45, 2.75) is 19.4 Å². The largest absolute Gasteiger partial charge is 0.500 e. The first-order valence-electron chi connectivity index (χ1n) is 4.83. The lowest BCUT2D eigenvalue weighted by molar-refractivity contribution is 0.121. The Morgan fingerprint density at radius 3 is 2.20 bits per heavy atom. The summed E-state index contributed by atoms with van der Waals surface area (Å²) in [5, 5.41) is 0. The second-order valence-electron chi connectivity index (χ2n) is 3.37. The standard InChI is InChI=1S/C9H19NO4Si/c1-9(7-10-8-11)5-6-15(12-2,13-3)14-4/h9H,5-7H2,1-4H3. The molecule has 0 saturated carbocycles. The normalized spacial score (nSPS) is 13.3. The average molecular weight is 233 g/mol. The molecule has 0 aromatic carbocycles. The summed E-state index contributed by atoms with van der Waals surface area (Å²) in [5.74, 6) is 0.304. The third-order valence-corrected chi connectivity index (χ3v) is 5.11. The van der Waals surface area contributed by atoms with E-state index in [1.807, 2.05) is 6.92 Å². The molecule has 0 spiro atoms. The van der Waals surface area contributed by atoms with Gasteiger partial charge in [-0.1, -0.05) is 6.92 Å². The van der Waals surface area contributed by atoms with Crippen molar-refractivity contribution in [3.63, 3.8) is 0 Å². The molecule has 6 heteroatoms. The highest BCUT2D eigenvalue weighted by molar-refractivity contribution is 6.60. The van der Waals surface area contributed by atoms with E-state index in [1.165, 1.54) is 6.08 Å². The molecule has 0 aromatic rings. The van der Waals surface area contributed by atoms with Crippen LogP contribution < -0.4 is 0 Å². The van der Waals surface area contributed by atoms with Crippen LogP contribution in [0.3, 0.4) is 0 Å². The summed E-state index contributed by atoms with van der Waals surface area (Å²) in [6, 6.07) is 0.728. The van der Waals surface area contributed by atoms with E-state index >= 15 is 0 Å². The molecule has 0 rings (SSSR count). The van der Waals surface area contributed by atoms with Crippen molar-refractivity contribution in [1.82, 2.24) is 0 Å². The lowest BCUT2D eigenvalue weighted by atomic mass is 10.1. The van der Waals surface area contributed by atoms with E-state index in [0.29, 0.717) is 12.5 Å². The van der Waals surface area contributed by atoms with E-state index < -0.39 is 8.80 Å². The van der Waals surface area contributed by atoms with Gasteiger partial charge in [0.15, 0.2) is 0 Å². The van der Waals surface area contributed by atoms with Gasteiger partial charge in [0.1, 0.15) is 0 Å². The SMILES string of the molecule is CO[Si](CCC(C)CN=C=O)(OC)OC. The van der Waals surface area contributed by atoms with Crippen molar-refractivity contribution in [1.29, 1.82) is 0 Å². The van der Waals surface area contributed by atoms with E-state index in [4.69, 9.17) is 13.3 Å². The molecule has 5 nitrogen and oxygen atoms in total. The topological polar surface area (TPSA) is 57.1 Å². The van der Waals surface area contributed by atoms with Gasteiger partial charge >= 0.3 is 8.80 Å².